The molecule has 21 heavy (non-hydrogen) atoms. The summed E-state index contributed by atoms with van der Waals surface area (Å²) in [6.07, 6.45) is -22.0. The molecule has 1 saturated carbocycles. The van der Waals surface area contributed by atoms with E-state index in [-0.39, 0.29) is 0 Å². The molecule has 0 aromatic rings. The molecule has 4 fully saturated rings. The molecule has 4 bridgehead atoms. The molecule has 3 N–H and O–H groups in total. The number of aliphatic hydroxyl groups is 3. The van der Waals surface area contributed by atoms with Crippen molar-refractivity contribution in [3.63, 3.8) is 0 Å². The van der Waals surface area contributed by atoms with Gasteiger partial charge in [-0.25, -0.2) is 0 Å². The molecule has 0 radical (unpaired) electrons. The summed E-state index contributed by atoms with van der Waals surface area (Å²) in [6.45, 7) is -1.95. The number of alkyl halides is 6. The molecule has 122 valence electrons. The fourth-order valence-electron chi connectivity index (χ4n) is 2.96. The van der Waals surface area contributed by atoms with Crippen molar-refractivity contribution in [2.24, 2.45) is 0 Å². The van der Waals surface area contributed by atoms with Gasteiger partial charge in [-0.2, -0.15) is 26.3 Å². The minimum Gasteiger partial charge on any atom is -0.387 e. The van der Waals surface area contributed by atoms with Crippen LogP contribution in [0.25, 0.3) is 0 Å². The van der Waals surface area contributed by atoms with Crippen LogP contribution in [0.2, 0.25) is 0 Å². The van der Waals surface area contributed by atoms with Crippen LogP contribution in [0.3, 0.4) is 0 Å². The molecule has 6 nitrogen and oxygen atoms in total. The summed E-state index contributed by atoms with van der Waals surface area (Å²) >= 11 is 0. The van der Waals surface area contributed by atoms with E-state index in [9.17, 15) is 41.7 Å². The van der Waals surface area contributed by atoms with E-state index in [4.69, 9.17) is 0 Å². The van der Waals surface area contributed by atoms with Gasteiger partial charge >= 0.3 is 12.4 Å². The van der Waals surface area contributed by atoms with E-state index in [0.717, 1.165) is 0 Å². The molecule has 5 unspecified atom stereocenters. The van der Waals surface area contributed by atoms with Gasteiger partial charge in [0.2, 0.25) is 11.2 Å². The number of aliphatic hydroxyl groups excluding tert-OH is 1. The summed E-state index contributed by atoms with van der Waals surface area (Å²) in [5.74, 6) is 0. The van der Waals surface area contributed by atoms with Crippen LogP contribution in [0.5, 0.6) is 0 Å². The Morgan fingerprint density at radius 2 is 1.14 bits per heavy atom. The van der Waals surface area contributed by atoms with Gasteiger partial charge in [-0.05, 0) is 0 Å². The maximum absolute atomic E-state index is 13.1. The van der Waals surface area contributed by atoms with Crippen molar-refractivity contribution in [2.45, 2.75) is 54.4 Å². The van der Waals surface area contributed by atoms with Gasteiger partial charge in [-0.3, -0.25) is 0 Å². The highest BCUT2D eigenvalue weighted by molar-refractivity contribution is 5.24. The predicted octanol–water partition coefficient (Wildman–Crippen LogP) is -0.586. The number of halogens is 6. The summed E-state index contributed by atoms with van der Waals surface area (Å²) < 4.78 is 91.5. The third-order valence-corrected chi connectivity index (χ3v) is 3.96. The third-order valence-electron chi connectivity index (χ3n) is 3.96. The van der Waals surface area contributed by atoms with E-state index in [1.807, 2.05) is 0 Å². The molecule has 3 heterocycles. The average molecular weight is 326 g/mol. The number of hydrogen-bond donors (Lipinski definition) is 3. The quantitative estimate of drug-likeness (QED) is 0.516. The SMILES string of the molecule is OC1[C@H]2OC3OC(C2(O)C(F)(F)F)C(O)(C(F)(F)F)[C@H]1O3. The first-order valence-corrected chi connectivity index (χ1v) is 5.57. The minimum atomic E-state index is -5.66. The highest BCUT2D eigenvalue weighted by Crippen LogP contribution is 2.58. The van der Waals surface area contributed by atoms with Crippen LogP contribution in [-0.2, 0) is 14.2 Å². The smallest absolute Gasteiger partial charge is 0.387 e. The molecule has 4 aliphatic rings. The van der Waals surface area contributed by atoms with Crippen molar-refractivity contribution in [3.05, 3.63) is 0 Å². The van der Waals surface area contributed by atoms with Crippen LogP contribution in [0.15, 0.2) is 0 Å². The summed E-state index contributed by atoms with van der Waals surface area (Å²) in [7, 11) is 0. The van der Waals surface area contributed by atoms with Crippen molar-refractivity contribution >= 4 is 0 Å². The van der Waals surface area contributed by atoms with Crippen molar-refractivity contribution in [1.29, 1.82) is 0 Å². The zero-order chi connectivity index (χ0) is 16.0. The van der Waals surface area contributed by atoms with E-state index in [0.29, 0.717) is 0 Å². The number of ether oxygens (including phenoxy) is 3. The lowest BCUT2D eigenvalue weighted by atomic mass is 9.65. The minimum absolute atomic E-state index is 1.95. The van der Waals surface area contributed by atoms with Crippen molar-refractivity contribution < 1.29 is 55.9 Å². The molecular weight excluding hydrogens is 318 g/mol. The lowest BCUT2D eigenvalue weighted by Crippen LogP contribution is -2.90. The monoisotopic (exact) mass is 326 g/mol. The van der Waals surface area contributed by atoms with Crippen molar-refractivity contribution in [3.8, 4) is 0 Å². The van der Waals surface area contributed by atoms with Gasteiger partial charge in [0.05, 0.1) is 0 Å². The summed E-state index contributed by atoms with van der Waals surface area (Å²) in [4.78, 5) is 0. The molecule has 0 aromatic carbocycles. The lowest BCUT2D eigenvalue weighted by molar-refractivity contribution is -0.559. The highest BCUT2D eigenvalue weighted by Gasteiger charge is 2.86. The predicted molar refractivity (Wildman–Crippen MR) is 46.4 cm³/mol. The van der Waals surface area contributed by atoms with Gasteiger partial charge in [-0.15, -0.1) is 0 Å². The largest absolute Gasteiger partial charge is 0.422 e. The molecule has 0 aromatic heterocycles. The highest BCUT2D eigenvalue weighted by atomic mass is 19.4. The van der Waals surface area contributed by atoms with E-state index < -0.39 is 54.4 Å². The summed E-state index contributed by atoms with van der Waals surface area (Å²) in [6, 6.07) is 0. The Morgan fingerprint density at radius 3 is 1.48 bits per heavy atom. The maximum atomic E-state index is 13.1. The van der Waals surface area contributed by atoms with Crippen LogP contribution in [0.4, 0.5) is 26.3 Å². The molecule has 1 aliphatic carbocycles. The van der Waals surface area contributed by atoms with Crippen molar-refractivity contribution in [1.82, 2.24) is 0 Å². The molecule has 3 aliphatic heterocycles. The van der Waals surface area contributed by atoms with Crippen molar-refractivity contribution in [2.75, 3.05) is 0 Å². The number of hydrogen-bond acceptors (Lipinski definition) is 6. The fraction of sp³-hybridized carbons (Fsp3) is 1.00. The molecular formula is C9H8F6O6. The second-order valence-corrected chi connectivity index (χ2v) is 5.05. The Morgan fingerprint density at radius 1 is 0.762 bits per heavy atom. The van der Waals surface area contributed by atoms with Gasteiger partial charge in [0.25, 0.3) is 6.48 Å². The normalized spacial score (nSPS) is 53.3. The first-order chi connectivity index (χ1) is 9.35. The number of rotatable bonds is 0. The van der Waals surface area contributed by atoms with Crippen LogP contribution in [0, 0.1) is 0 Å². The second-order valence-electron chi connectivity index (χ2n) is 5.05. The van der Waals surface area contributed by atoms with Crippen LogP contribution in [-0.4, -0.2) is 69.8 Å². The van der Waals surface area contributed by atoms with Gasteiger partial charge < -0.3 is 29.5 Å². The Bertz CT molecular complexity index is 429. The van der Waals surface area contributed by atoms with Gasteiger partial charge in [0.15, 0.2) is 0 Å². The third kappa shape index (κ3) is 1.55. The van der Waals surface area contributed by atoms with Crippen LogP contribution in [0.1, 0.15) is 0 Å². The zero-order valence-corrected chi connectivity index (χ0v) is 9.72. The molecule has 12 heteroatoms. The van der Waals surface area contributed by atoms with E-state index >= 15 is 0 Å². The first-order valence-electron chi connectivity index (χ1n) is 5.57. The Labute approximate surface area is 111 Å². The molecule has 3 saturated heterocycles. The van der Waals surface area contributed by atoms with E-state index in [1.54, 1.807) is 0 Å². The molecule has 7 atom stereocenters. The average Bonchev–Trinajstić information content (AvgIpc) is 2.31. The Balaban J connectivity index is 2.19. The van der Waals surface area contributed by atoms with Crippen LogP contribution < -0.4 is 0 Å². The molecule has 4 rings (SSSR count). The van der Waals surface area contributed by atoms with E-state index in [1.165, 1.54) is 0 Å². The Kier molecular flexibility index (Phi) is 2.76. The standard InChI is InChI=1S/C9H8F6O6/c10-8(11,12)6(17)2-1(16)3-7(18,9(13,14)15)4(6)21-5(19-2)20-3/h1-5,16-18H/t1?,2-,3+,4?,5?,6?,7?. The summed E-state index contributed by atoms with van der Waals surface area (Å²) in [5, 5.41) is 29.1. The molecule has 0 spiro atoms. The van der Waals surface area contributed by atoms with Crippen LogP contribution >= 0.6 is 0 Å². The maximum Gasteiger partial charge on any atom is 0.422 e. The lowest BCUT2D eigenvalue weighted by Gasteiger charge is -2.64. The van der Waals surface area contributed by atoms with E-state index in [2.05, 4.69) is 14.2 Å². The van der Waals surface area contributed by atoms with Gasteiger partial charge in [0, 0.05) is 0 Å². The second kappa shape index (κ2) is 3.81. The zero-order valence-electron chi connectivity index (χ0n) is 9.72. The Hall–Kier alpha value is -0.660. The van der Waals surface area contributed by atoms with Gasteiger partial charge in [-0.1, -0.05) is 0 Å². The topological polar surface area (TPSA) is 88.4 Å². The molecule has 0 amide bonds. The summed E-state index contributed by atoms with van der Waals surface area (Å²) in [5.41, 5.74) is -8.49. The first kappa shape index (κ1) is 15.2. The van der Waals surface area contributed by atoms with Gasteiger partial charge in [0.1, 0.15) is 24.4 Å². The fourth-order valence-corrected chi connectivity index (χ4v) is 2.96.